The van der Waals surface area contributed by atoms with Crippen LogP contribution in [-0.2, 0) is 4.79 Å². The zero-order valence-electron chi connectivity index (χ0n) is 12.5. The van der Waals surface area contributed by atoms with E-state index >= 15 is 0 Å². The molecule has 2 aromatic rings. The van der Waals surface area contributed by atoms with Crippen LogP contribution in [0.1, 0.15) is 30.6 Å². The van der Waals surface area contributed by atoms with Gasteiger partial charge in [-0.2, -0.15) is 0 Å². The Balaban J connectivity index is 2.29. The molecule has 0 aliphatic carbocycles. The van der Waals surface area contributed by atoms with Crippen molar-refractivity contribution in [2.45, 2.75) is 26.3 Å². The Labute approximate surface area is 128 Å². The summed E-state index contributed by atoms with van der Waals surface area (Å²) in [6, 6.07) is 5.92. The fourth-order valence-corrected chi connectivity index (χ4v) is 2.24. The third-order valence-corrected chi connectivity index (χ3v) is 3.82. The number of amides is 1. The largest absolute Gasteiger partial charge is 0.480 e. The molecule has 2 rings (SSSR count). The average Bonchev–Trinajstić information content (AvgIpc) is 2.51. The van der Waals surface area contributed by atoms with Gasteiger partial charge in [0, 0.05) is 17.1 Å². The molecule has 6 nitrogen and oxygen atoms in total. The molecule has 22 heavy (non-hydrogen) atoms. The first kappa shape index (κ1) is 15.8. The first-order valence-corrected chi connectivity index (χ1v) is 7.12. The summed E-state index contributed by atoms with van der Waals surface area (Å²) in [4.78, 5) is 27.6. The van der Waals surface area contributed by atoms with Gasteiger partial charge < -0.3 is 16.2 Å². The zero-order valence-corrected chi connectivity index (χ0v) is 12.5. The molecular formula is C16H19N3O3. The Hall–Kier alpha value is -2.63. The van der Waals surface area contributed by atoms with Gasteiger partial charge in [-0.3, -0.25) is 4.79 Å². The van der Waals surface area contributed by atoms with Crippen LogP contribution in [0.4, 0.5) is 5.82 Å². The second-order valence-corrected chi connectivity index (χ2v) is 5.31. The fraction of sp³-hybridized carbons (Fsp3) is 0.312. The Bertz CT molecular complexity index is 715. The van der Waals surface area contributed by atoms with Crippen molar-refractivity contribution in [3.63, 3.8) is 0 Å². The van der Waals surface area contributed by atoms with Gasteiger partial charge in [0.15, 0.2) is 0 Å². The van der Waals surface area contributed by atoms with Crippen LogP contribution in [0.2, 0.25) is 0 Å². The van der Waals surface area contributed by atoms with E-state index in [0.717, 1.165) is 5.39 Å². The van der Waals surface area contributed by atoms with E-state index in [4.69, 9.17) is 5.73 Å². The number of carbonyl (C=O) groups excluding carboxylic acids is 1. The van der Waals surface area contributed by atoms with Crippen LogP contribution < -0.4 is 11.1 Å². The second-order valence-electron chi connectivity index (χ2n) is 5.31. The molecule has 0 unspecified atom stereocenters. The first-order valence-electron chi connectivity index (χ1n) is 7.12. The van der Waals surface area contributed by atoms with Gasteiger partial charge in [-0.15, -0.1) is 0 Å². The summed E-state index contributed by atoms with van der Waals surface area (Å²) in [6.07, 6.45) is 2.26. The molecule has 0 fully saturated rings. The minimum absolute atomic E-state index is 0.159. The molecule has 0 saturated carbocycles. The van der Waals surface area contributed by atoms with Crippen molar-refractivity contribution in [1.82, 2.24) is 10.3 Å². The average molecular weight is 301 g/mol. The number of benzene rings is 1. The van der Waals surface area contributed by atoms with Gasteiger partial charge in [0.2, 0.25) is 0 Å². The van der Waals surface area contributed by atoms with Crippen molar-refractivity contribution in [2.75, 3.05) is 5.73 Å². The Morgan fingerprint density at radius 1 is 1.36 bits per heavy atom. The molecule has 0 bridgehead atoms. The SMILES string of the molecule is CC[C@@H](C)[C@@H](NC(=O)c1ccc2ccnc(N)c2c1)C(=O)O. The maximum atomic E-state index is 12.3. The van der Waals surface area contributed by atoms with Crippen molar-refractivity contribution in [3.8, 4) is 0 Å². The highest BCUT2D eigenvalue weighted by Gasteiger charge is 2.25. The minimum Gasteiger partial charge on any atom is -0.480 e. The predicted octanol–water partition coefficient (Wildman–Crippen LogP) is 2.05. The molecule has 116 valence electrons. The lowest BCUT2D eigenvalue weighted by Gasteiger charge is -2.20. The summed E-state index contributed by atoms with van der Waals surface area (Å²) in [5, 5.41) is 13.4. The smallest absolute Gasteiger partial charge is 0.326 e. The number of nitrogens with one attached hydrogen (secondary N) is 1. The third kappa shape index (κ3) is 3.16. The van der Waals surface area contributed by atoms with Crippen LogP contribution in [0.5, 0.6) is 0 Å². The van der Waals surface area contributed by atoms with Crippen LogP contribution in [-0.4, -0.2) is 28.0 Å². The molecule has 4 N–H and O–H groups in total. The number of aliphatic carboxylic acids is 1. The number of aromatic nitrogens is 1. The van der Waals surface area contributed by atoms with Gasteiger partial charge in [-0.25, -0.2) is 9.78 Å². The molecular weight excluding hydrogens is 282 g/mol. The van der Waals surface area contributed by atoms with Gasteiger partial charge >= 0.3 is 5.97 Å². The second kappa shape index (κ2) is 6.43. The molecule has 0 spiro atoms. The van der Waals surface area contributed by atoms with Gasteiger partial charge in [-0.05, 0) is 29.5 Å². The summed E-state index contributed by atoms with van der Waals surface area (Å²) in [6.45, 7) is 3.68. The van der Waals surface area contributed by atoms with E-state index in [0.29, 0.717) is 23.2 Å². The van der Waals surface area contributed by atoms with E-state index in [-0.39, 0.29) is 5.92 Å². The highest BCUT2D eigenvalue weighted by molar-refractivity contribution is 6.02. The number of nitrogens with zero attached hydrogens (tertiary/aromatic N) is 1. The number of hydrogen-bond donors (Lipinski definition) is 3. The lowest BCUT2D eigenvalue weighted by molar-refractivity contribution is -0.140. The van der Waals surface area contributed by atoms with Crippen molar-refractivity contribution in [3.05, 3.63) is 36.0 Å². The van der Waals surface area contributed by atoms with E-state index in [2.05, 4.69) is 10.3 Å². The van der Waals surface area contributed by atoms with E-state index in [1.165, 1.54) is 0 Å². The first-order chi connectivity index (χ1) is 10.4. The van der Waals surface area contributed by atoms with E-state index in [1.807, 2.05) is 6.92 Å². The fourth-order valence-electron chi connectivity index (χ4n) is 2.24. The van der Waals surface area contributed by atoms with Gasteiger partial charge in [0.05, 0.1) is 0 Å². The van der Waals surface area contributed by atoms with Crippen LogP contribution in [0, 0.1) is 5.92 Å². The van der Waals surface area contributed by atoms with Gasteiger partial charge in [0.1, 0.15) is 11.9 Å². The summed E-state index contributed by atoms with van der Waals surface area (Å²) in [7, 11) is 0. The number of nitrogens with two attached hydrogens (primary N) is 1. The molecule has 0 aliphatic rings. The topological polar surface area (TPSA) is 105 Å². The molecule has 0 saturated heterocycles. The Kier molecular flexibility index (Phi) is 4.60. The van der Waals surface area contributed by atoms with Crippen LogP contribution in [0.15, 0.2) is 30.5 Å². The number of fused-ring (bicyclic) bond motifs is 1. The van der Waals surface area contributed by atoms with Gasteiger partial charge in [0.25, 0.3) is 5.91 Å². The van der Waals surface area contributed by atoms with Crippen molar-refractivity contribution in [2.24, 2.45) is 5.92 Å². The van der Waals surface area contributed by atoms with Crippen LogP contribution in [0.3, 0.4) is 0 Å². The monoisotopic (exact) mass is 301 g/mol. The molecule has 1 amide bonds. The Morgan fingerprint density at radius 2 is 2.09 bits per heavy atom. The quantitative estimate of drug-likeness (QED) is 0.783. The summed E-state index contributed by atoms with van der Waals surface area (Å²) in [5.74, 6) is -1.29. The molecule has 0 radical (unpaired) electrons. The number of pyridine rings is 1. The van der Waals surface area contributed by atoms with E-state index in [9.17, 15) is 14.7 Å². The number of carboxylic acid groups (broad SMARTS) is 1. The van der Waals surface area contributed by atoms with Gasteiger partial charge in [-0.1, -0.05) is 26.3 Å². The van der Waals surface area contributed by atoms with Crippen LogP contribution in [0.25, 0.3) is 10.8 Å². The molecule has 0 aliphatic heterocycles. The number of nitrogen functional groups attached to an aromatic ring is 1. The number of carboxylic acids is 1. The minimum atomic E-state index is -1.04. The molecule has 1 heterocycles. The zero-order chi connectivity index (χ0) is 16.3. The van der Waals surface area contributed by atoms with Crippen LogP contribution >= 0.6 is 0 Å². The molecule has 2 atom stereocenters. The summed E-state index contributed by atoms with van der Waals surface area (Å²) in [5.41, 5.74) is 6.17. The maximum Gasteiger partial charge on any atom is 0.326 e. The highest BCUT2D eigenvalue weighted by Crippen LogP contribution is 2.20. The van der Waals surface area contributed by atoms with Crippen molar-refractivity contribution >= 4 is 28.5 Å². The standard InChI is InChI=1S/C16H19N3O3/c1-3-9(2)13(16(21)22)19-15(20)11-5-4-10-6-7-18-14(17)12(10)8-11/h4-9,13H,3H2,1-2H3,(H2,17,18)(H,19,20)(H,21,22)/t9-,13-/m1/s1. The summed E-state index contributed by atoms with van der Waals surface area (Å²) >= 11 is 0. The van der Waals surface area contributed by atoms with Crippen molar-refractivity contribution in [1.29, 1.82) is 0 Å². The number of anilines is 1. The lowest BCUT2D eigenvalue weighted by atomic mass is 9.98. The number of rotatable bonds is 5. The third-order valence-electron chi connectivity index (χ3n) is 3.82. The summed E-state index contributed by atoms with van der Waals surface area (Å²) < 4.78 is 0. The molecule has 1 aromatic heterocycles. The van der Waals surface area contributed by atoms with E-state index < -0.39 is 17.9 Å². The number of carbonyl (C=O) groups is 2. The normalized spacial score (nSPS) is 13.5. The predicted molar refractivity (Wildman–Crippen MR) is 84.5 cm³/mol. The molecule has 6 heteroatoms. The lowest BCUT2D eigenvalue weighted by Crippen LogP contribution is -2.45. The van der Waals surface area contributed by atoms with Crippen molar-refractivity contribution < 1.29 is 14.7 Å². The number of hydrogen-bond acceptors (Lipinski definition) is 4. The molecule has 1 aromatic carbocycles. The maximum absolute atomic E-state index is 12.3. The van der Waals surface area contributed by atoms with E-state index in [1.54, 1.807) is 37.4 Å². The highest BCUT2D eigenvalue weighted by atomic mass is 16.4. The Morgan fingerprint density at radius 3 is 2.73 bits per heavy atom.